The third-order valence-electron chi connectivity index (χ3n) is 4.69. The van der Waals surface area contributed by atoms with Crippen LogP contribution in [0.15, 0.2) is 54.6 Å². The lowest BCUT2D eigenvalue weighted by molar-refractivity contribution is -0.384. The minimum atomic E-state index is -0.474. The molecule has 3 rings (SSSR count). The van der Waals surface area contributed by atoms with E-state index in [4.69, 9.17) is 0 Å². The van der Waals surface area contributed by atoms with Gasteiger partial charge < -0.3 is 10.2 Å². The normalized spacial score (nSPS) is 10.9. The lowest BCUT2D eigenvalue weighted by atomic mass is 10.2. The number of aromatic nitrogens is 3. The molecule has 0 fully saturated rings. The van der Waals surface area contributed by atoms with Crippen molar-refractivity contribution in [2.75, 3.05) is 20.1 Å². The minimum Gasteiger partial charge on any atom is -0.351 e. The van der Waals surface area contributed by atoms with Gasteiger partial charge in [0.1, 0.15) is 0 Å². The average Bonchev–Trinajstić information content (AvgIpc) is 3.13. The number of carbonyl (C=O) groups excluding carboxylic acids is 1. The molecule has 0 spiro atoms. The second kappa shape index (κ2) is 9.75. The summed E-state index contributed by atoms with van der Waals surface area (Å²) in [7, 11) is 2.05. The molecule has 0 aliphatic rings. The van der Waals surface area contributed by atoms with Crippen LogP contribution < -0.4 is 5.32 Å². The zero-order valence-electron chi connectivity index (χ0n) is 17.0. The van der Waals surface area contributed by atoms with Crippen molar-refractivity contribution in [3.05, 3.63) is 81.7 Å². The molecule has 9 heteroatoms. The predicted octanol–water partition coefficient (Wildman–Crippen LogP) is 2.74. The standard InChI is InChI=1S/C21H24N6O3/c1-16-20(23-24-26(16)18-10-6-11-19(14-18)27(29)30)21(28)22-12-7-13-25(2)15-17-8-4-3-5-9-17/h3-6,8-11,14H,7,12-13,15H2,1-2H3,(H,22,28). The van der Waals surface area contributed by atoms with Gasteiger partial charge in [0.15, 0.2) is 5.69 Å². The van der Waals surface area contributed by atoms with E-state index < -0.39 is 4.92 Å². The molecule has 0 bridgehead atoms. The van der Waals surface area contributed by atoms with Crippen LogP contribution in [0.5, 0.6) is 0 Å². The van der Waals surface area contributed by atoms with Crippen molar-refractivity contribution in [1.82, 2.24) is 25.2 Å². The maximum Gasteiger partial charge on any atom is 0.273 e. The van der Waals surface area contributed by atoms with Gasteiger partial charge in [-0.05, 0) is 38.6 Å². The van der Waals surface area contributed by atoms with Crippen molar-refractivity contribution < 1.29 is 9.72 Å². The summed E-state index contributed by atoms with van der Waals surface area (Å²) in [4.78, 5) is 25.2. The highest BCUT2D eigenvalue weighted by Gasteiger charge is 2.18. The Morgan fingerprint density at radius 2 is 1.97 bits per heavy atom. The van der Waals surface area contributed by atoms with Crippen molar-refractivity contribution in [3.63, 3.8) is 0 Å². The Morgan fingerprint density at radius 1 is 1.20 bits per heavy atom. The van der Waals surface area contributed by atoms with Gasteiger partial charge in [-0.2, -0.15) is 0 Å². The van der Waals surface area contributed by atoms with Crippen molar-refractivity contribution >= 4 is 11.6 Å². The number of amides is 1. The first-order chi connectivity index (χ1) is 14.5. The molecule has 0 unspecified atom stereocenters. The van der Waals surface area contributed by atoms with Crippen molar-refractivity contribution in [2.45, 2.75) is 19.9 Å². The molecule has 30 heavy (non-hydrogen) atoms. The van der Waals surface area contributed by atoms with Crippen LogP contribution in [0.4, 0.5) is 5.69 Å². The van der Waals surface area contributed by atoms with Crippen molar-refractivity contribution in [2.24, 2.45) is 0 Å². The molecule has 2 aromatic carbocycles. The van der Waals surface area contributed by atoms with Gasteiger partial charge in [-0.3, -0.25) is 14.9 Å². The quantitative estimate of drug-likeness (QED) is 0.331. The third-order valence-corrected chi connectivity index (χ3v) is 4.69. The highest BCUT2D eigenvalue weighted by molar-refractivity contribution is 5.93. The van der Waals surface area contributed by atoms with Crippen LogP contribution in [0.25, 0.3) is 5.69 Å². The number of non-ortho nitro benzene ring substituents is 1. The van der Waals surface area contributed by atoms with Gasteiger partial charge in [-0.25, -0.2) is 4.68 Å². The SMILES string of the molecule is Cc1c(C(=O)NCCCN(C)Cc2ccccc2)nnn1-c1cccc([N+](=O)[O-])c1. The maximum absolute atomic E-state index is 12.5. The monoisotopic (exact) mass is 408 g/mol. The van der Waals surface area contributed by atoms with E-state index in [2.05, 4.69) is 32.7 Å². The largest absolute Gasteiger partial charge is 0.351 e. The van der Waals surface area contributed by atoms with E-state index in [1.807, 2.05) is 25.2 Å². The summed E-state index contributed by atoms with van der Waals surface area (Å²) in [6, 6.07) is 16.3. The van der Waals surface area contributed by atoms with E-state index >= 15 is 0 Å². The van der Waals surface area contributed by atoms with Crippen LogP contribution in [-0.4, -0.2) is 50.9 Å². The zero-order chi connectivity index (χ0) is 21.5. The molecule has 1 aromatic heterocycles. The molecule has 0 atom stereocenters. The molecule has 9 nitrogen and oxygen atoms in total. The molecule has 1 heterocycles. The van der Waals surface area contributed by atoms with Gasteiger partial charge in [0.25, 0.3) is 11.6 Å². The summed E-state index contributed by atoms with van der Waals surface area (Å²) in [5.41, 5.74) is 2.41. The van der Waals surface area contributed by atoms with Gasteiger partial charge in [0, 0.05) is 25.2 Å². The van der Waals surface area contributed by atoms with E-state index in [0.29, 0.717) is 17.9 Å². The first-order valence-electron chi connectivity index (χ1n) is 9.63. The number of rotatable bonds is 9. The second-order valence-electron chi connectivity index (χ2n) is 7.05. The van der Waals surface area contributed by atoms with E-state index in [1.165, 1.54) is 22.4 Å². The van der Waals surface area contributed by atoms with Crippen LogP contribution in [0.2, 0.25) is 0 Å². The molecular weight excluding hydrogens is 384 g/mol. The Balaban J connectivity index is 1.53. The van der Waals surface area contributed by atoms with E-state index in [0.717, 1.165) is 19.5 Å². The van der Waals surface area contributed by atoms with Gasteiger partial charge in [-0.15, -0.1) is 5.10 Å². The fraction of sp³-hybridized carbons (Fsp3) is 0.286. The topological polar surface area (TPSA) is 106 Å². The van der Waals surface area contributed by atoms with Gasteiger partial charge >= 0.3 is 0 Å². The molecular formula is C21H24N6O3. The average molecular weight is 408 g/mol. The van der Waals surface area contributed by atoms with E-state index in [-0.39, 0.29) is 17.3 Å². The number of hydrogen-bond donors (Lipinski definition) is 1. The molecule has 0 aliphatic heterocycles. The summed E-state index contributed by atoms with van der Waals surface area (Å²) in [5, 5.41) is 21.8. The van der Waals surface area contributed by atoms with Crippen LogP contribution in [-0.2, 0) is 6.54 Å². The first kappa shape index (κ1) is 21.1. The van der Waals surface area contributed by atoms with Crippen molar-refractivity contribution in [3.8, 4) is 5.69 Å². The lowest BCUT2D eigenvalue weighted by Crippen LogP contribution is -2.28. The Bertz CT molecular complexity index is 1020. The minimum absolute atomic E-state index is 0.0481. The number of nitrogens with one attached hydrogen (secondary N) is 1. The highest BCUT2D eigenvalue weighted by atomic mass is 16.6. The molecule has 1 amide bonds. The maximum atomic E-state index is 12.5. The van der Waals surface area contributed by atoms with Crippen LogP contribution >= 0.6 is 0 Å². The first-order valence-corrected chi connectivity index (χ1v) is 9.63. The summed E-state index contributed by atoms with van der Waals surface area (Å²) in [5.74, 6) is -0.310. The van der Waals surface area contributed by atoms with Gasteiger partial charge in [-0.1, -0.05) is 41.6 Å². The van der Waals surface area contributed by atoms with Crippen molar-refractivity contribution in [1.29, 1.82) is 0 Å². The number of benzene rings is 2. The van der Waals surface area contributed by atoms with E-state index in [9.17, 15) is 14.9 Å². The highest BCUT2D eigenvalue weighted by Crippen LogP contribution is 2.18. The van der Waals surface area contributed by atoms with E-state index in [1.54, 1.807) is 19.1 Å². The van der Waals surface area contributed by atoms with Crippen LogP contribution in [0.1, 0.15) is 28.2 Å². The Labute approximate surface area is 174 Å². The number of carbonyl (C=O) groups is 1. The molecule has 156 valence electrons. The lowest BCUT2D eigenvalue weighted by Gasteiger charge is -2.16. The zero-order valence-corrected chi connectivity index (χ0v) is 17.0. The van der Waals surface area contributed by atoms with Crippen LogP contribution in [0.3, 0.4) is 0 Å². The summed E-state index contributed by atoms with van der Waals surface area (Å²) >= 11 is 0. The van der Waals surface area contributed by atoms with Gasteiger partial charge in [0.05, 0.1) is 16.3 Å². The molecule has 0 saturated heterocycles. The summed E-state index contributed by atoms with van der Waals surface area (Å²) in [6.45, 7) is 3.92. The smallest absolute Gasteiger partial charge is 0.273 e. The molecule has 1 N–H and O–H groups in total. The third kappa shape index (κ3) is 5.26. The Morgan fingerprint density at radius 3 is 2.70 bits per heavy atom. The number of nitrogens with zero attached hydrogens (tertiary/aromatic N) is 5. The molecule has 0 radical (unpaired) electrons. The Kier molecular flexibility index (Phi) is 6.87. The second-order valence-corrected chi connectivity index (χ2v) is 7.05. The fourth-order valence-electron chi connectivity index (χ4n) is 3.13. The van der Waals surface area contributed by atoms with Crippen LogP contribution in [0, 0.1) is 17.0 Å². The fourth-order valence-corrected chi connectivity index (χ4v) is 3.13. The molecule has 3 aromatic rings. The summed E-state index contributed by atoms with van der Waals surface area (Å²) in [6.07, 6.45) is 0.799. The Hall–Kier alpha value is -3.59. The predicted molar refractivity (Wildman–Crippen MR) is 112 cm³/mol. The number of nitro groups is 1. The number of hydrogen-bond acceptors (Lipinski definition) is 6. The molecule has 0 saturated carbocycles. The molecule has 0 aliphatic carbocycles. The number of nitro benzene ring substituents is 1. The van der Waals surface area contributed by atoms with Gasteiger partial charge in [0.2, 0.25) is 0 Å². The summed E-state index contributed by atoms with van der Waals surface area (Å²) < 4.78 is 1.43.